The van der Waals surface area contributed by atoms with Crippen molar-refractivity contribution in [3.8, 4) is 0 Å². The van der Waals surface area contributed by atoms with Gasteiger partial charge in [0, 0.05) is 29.9 Å². The van der Waals surface area contributed by atoms with Crippen molar-refractivity contribution in [1.82, 2.24) is 10.6 Å². The molecule has 0 fully saturated rings. The van der Waals surface area contributed by atoms with Gasteiger partial charge in [-0.05, 0) is 41.8 Å². The van der Waals surface area contributed by atoms with E-state index in [1.165, 1.54) is 15.3 Å². The standard InChI is InChI=1S/C16H21N3S2.HI/c1-17-16(18-10-9-15-4-3-11-21-15)19-12-13-5-7-14(20-2)8-6-13;/h3-8,11H,9-10,12H2,1-2H3,(H2,17,18,19);1H. The lowest BCUT2D eigenvalue weighted by Crippen LogP contribution is -2.37. The number of aliphatic imine (C=N–C) groups is 1. The van der Waals surface area contributed by atoms with Crippen LogP contribution in [0.3, 0.4) is 0 Å². The van der Waals surface area contributed by atoms with Gasteiger partial charge in [-0.15, -0.1) is 47.1 Å². The summed E-state index contributed by atoms with van der Waals surface area (Å²) in [6.45, 7) is 1.68. The SMILES string of the molecule is CN=C(NCCc1cccs1)NCc1ccc(SC)cc1.I. The maximum Gasteiger partial charge on any atom is 0.191 e. The third kappa shape index (κ3) is 6.58. The van der Waals surface area contributed by atoms with Crippen LogP contribution in [0, 0.1) is 0 Å². The number of thiophene rings is 1. The number of guanidine groups is 1. The van der Waals surface area contributed by atoms with E-state index in [0.29, 0.717) is 0 Å². The Balaban J connectivity index is 0.00000242. The lowest BCUT2D eigenvalue weighted by atomic mass is 10.2. The molecule has 6 heteroatoms. The zero-order valence-corrected chi connectivity index (χ0v) is 16.8. The molecular weight excluding hydrogens is 425 g/mol. The van der Waals surface area contributed by atoms with E-state index in [0.717, 1.165) is 25.5 Å². The molecular formula is C16H22IN3S2. The van der Waals surface area contributed by atoms with Crippen molar-refractivity contribution in [3.63, 3.8) is 0 Å². The van der Waals surface area contributed by atoms with E-state index in [9.17, 15) is 0 Å². The van der Waals surface area contributed by atoms with Crippen molar-refractivity contribution in [1.29, 1.82) is 0 Å². The van der Waals surface area contributed by atoms with E-state index in [2.05, 4.69) is 63.7 Å². The summed E-state index contributed by atoms with van der Waals surface area (Å²) in [4.78, 5) is 6.93. The Morgan fingerprint density at radius 1 is 1.18 bits per heavy atom. The van der Waals surface area contributed by atoms with Gasteiger partial charge in [0.15, 0.2) is 5.96 Å². The molecule has 3 nitrogen and oxygen atoms in total. The van der Waals surface area contributed by atoms with E-state index in [1.54, 1.807) is 30.1 Å². The number of hydrogen-bond acceptors (Lipinski definition) is 3. The van der Waals surface area contributed by atoms with E-state index in [1.807, 2.05) is 0 Å². The Bertz CT molecular complexity index is 553. The predicted molar refractivity (Wildman–Crippen MR) is 110 cm³/mol. The van der Waals surface area contributed by atoms with Crippen LogP contribution in [0.2, 0.25) is 0 Å². The van der Waals surface area contributed by atoms with Gasteiger partial charge in [-0.3, -0.25) is 4.99 Å². The van der Waals surface area contributed by atoms with Gasteiger partial charge in [-0.2, -0.15) is 0 Å². The number of thioether (sulfide) groups is 1. The first-order valence-electron chi connectivity index (χ1n) is 6.91. The molecule has 0 unspecified atom stereocenters. The van der Waals surface area contributed by atoms with Gasteiger partial charge in [-0.25, -0.2) is 0 Å². The predicted octanol–water partition coefficient (Wildman–Crippen LogP) is 4.00. The number of rotatable bonds is 6. The van der Waals surface area contributed by atoms with Gasteiger partial charge in [0.25, 0.3) is 0 Å². The Kier molecular flexibility index (Phi) is 9.58. The van der Waals surface area contributed by atoms with Crippen LogP contribution < -0.4 is 10.6 Å². The minimum atomic E-state index is 0. The molecule has 0 aliphatic carbocycles. The Hall–Kier alpha value is -0.730. The third-order valence-electron chi connectivity index (χ3n) is 3.09. The van der Waals surface area contributed by atoms with Crippen LogP contribution in [-0.4, -0.2) is 25.8 Å². The first kappa shape index (κ1) is 19.3. The molecule has 0 aliphatic rings. The van der Waals surface area contributed by atoms with Crippen molar-refractivity contribution in [3.05, 3.63) is 52.2 Å². The minimum absolute atomic E-state index is 0. The van der Waals surface area contributed by atoms with Crippen molar-refractivity contribution in [2.45, 2.75) is 17.9 Å². The zero-order chi connectivity index (χ0) is 14.9. The number of benzene rings is 1. The number of nitrogens with zero attached hydrogens (tertiary/aromatic N) is 1. The van der Waals surface area contributed by atoms with E-state index >= 15 is 0 Å². The molecule has 22 heavy (non-hydrogen) atoms. The summed E-state index contributed by atoms with van der Waals surface area (Å²) in [6, 6.07) is 12.8. The van der Waals surface area contributed by atoms with Crippen LogP contribution in [0.15, 0.2) is 51.7 Å². The molecule has 120 valence electrons. The molecule has 0 spiro atoms. The van der Waals surface area contributed by atoms with Crippen molar-refractivity contribution >= 4 is 53.0 Å². The van der Waals surface area contributed by atoms with Gasteiger partial charge in [0.2, 0.25) is 0 Å². The Labute approximate surface area is 158 Å². The fourth-order valence-electron chi connectivity index (χ4n) is 1.91. The highest BCUT2D eigenvalue weighted by molar-refractivity contribution is 14.0. The fourth-order valence-corrected chi connectivity index (χ4v) is 3.03. The molecule has 2 rings (SSSR count). The van der Waals surface area contributed by atoms with Crippen LogP contribution in [0.4, 0.5) is 0 Å². The lowest BCUT2D eigenvalue weighted by molar-refractivity contribution is 0.799. The second-order valence-electron chi connectivity index (χ2n) is 4.53. The lowest BCUT2D eigenvalue weighted by Gasteiger charge is -2.11. The second kappa shape index (κ2) is 10.9. The molecule has 0 bridgehead atoms. The molecule has 0 saturated heterocycles. The summed E-state index contributed by atoms with van der Waals surface area (Å²) in [5.74, 6) is 0.848. The number of hydrogen-bond donors (Lipinski definition) is 2. The van der Waals surface area contributed by atoms with Gasteiger partial charge in [0.1, 0.15) is 0 Å². The largest absolute Gasteiger partial charge is 0.356 e. The van der Waals surface area contributed by atoms with Crippen LogP contribution in [0.5, 0.6) is 0 Å². The molecule has 1 aromatic heterocycles. The smallest absolute Gasteiger partial charge is 0.191 e. The van der Waals surface area contributed by atoms with E-state index in [-0.39, 0.29) is 24.0 Å². The molecule has 1 heterocycles. The minimum Gasteiger partial charge on any atom is -0.356 e. The quantitative estimate of drug-likeness (QED) is 0.304. The van der Waals surface area contributed by atoms with Crippen molar-refractivity contribution < 1.29 is 0 Å². The number of halogens is 1. The maximum atomic E-state index is 4.25. The summed E-state index contributed by atoms with van der Waals surface area (Å²) < 4.78 is 0. The summed E-state index contributed by atoms with van der Waals surface area (Å²) in [5, 5.41) is 8.79. The molecule has 0 atom stereocenters. The van der Waals surface area contributed by atoms with Crippen molar-refractivity contribution in [2.24, 2.45) is 4.99 Å². The van der Waals surface area contributed by atoms with E-state index < -0.39 is 0 Å². The van der Waals surface area contributed by atoms with Crippen LogP contribution in [-0.2, 0) is 13.0 Å². The highest BCUT2D eigenvalue weighted by Gasteiger charge is 1.99. The summed E-state index contributed by atoms with van der Waals surface area (Å²) in [7, 11) is 1.80. The topological polar surface area (TPSA) is 36.4 Å². The van der Waals surface area contributed by atoms with Gasteiger partial charge >= 0.3 is 0 Å². The monoisotopic (exact) mass is 447 g/mol. The van der Waals surface area contributed by atoms with Crippen LogP contribution in [0.1, 0.15) is 10.4 Å². The highest BCUT2D eigenvalue weighted by Crippen LogP contribution is 2.14. The average molecular weight is 447 g/mol. The van der Waals surface area contributed by atoms with Crippen molar-refractivity contribution in [2.75, 3.05) is 19.8 Å². The van der Waals surface area contributed by atoms with Gasteiger partial charge in [0.05, 0.1) is 0 Å². The molecule has 2 N–H and O–H groups in total. The molecule has 0 aliphatic heterocycles. The average Bonchev–Trinajstić information content (AvgIpc) is 3.04. The Morgan fingerprint density at radius 2 is 1.95 bits per heavy atom. The molecule has 0 saturated carbocycles. The zero-order valence-electron chi connectivity index (χ0n) is 12.8. The normalized spacial score (nSPS) is 10.9. The Morgan fingerprint density at radius 3 is 2.55 bits per heavy atom. The number of nitrogens with one attached hydrogen (secondary N) is 2. The molecule has 2 aromatic rings. The van der Waals surface area contributed by atoms with Gasteiger partial charge < -0.3 is 10.6 Å². The van der Waals surface area contributed by atoms with Crippen LogP contribution >= 0.6 is 47.1 Å². The maximum absolute atomic E-state index is 4.25. The van der Waals surface area contributed by atoms with Gasteiger partial charge in [-0.1, -0.05) is 18.2 Å². The summed E-state index contributed by atoms with van der Waals surface area (Å²) >= 11 is 3.55. The summed E-state index contributed by atoms with van der Waals surface area (Å²) in [6.07, 6.45) is 3.12. The second-order valence-corrected chi connectivity index (χ2v) is 6.44. The van der Waals surface area contributed by atoms with Crippen LogP contribution in [0.25, 0.3) is 0 Å². The molecule has 0 radical (unpaired) electrons. The summed E-state index contributed by atoms with van der Waals surface area (Å²) in [5.41, 5.74) is 1.26. The first-order valence-corrected chi connectivity index (χ1v) is 9.02. The van der Waals surface area contributed by atoms with E-state index in [4.69, 9.17) is 0 Å². The fraction of sp³-hybridized carbons (Fsp3) is 0.312. The first-order chi connectivity index (χ1) is 10.3. The molecule has 1 aromatic carbocycles. The third-order valence-corrected chi connectivity index (χ3v) is 4.77. The molecule has 0 amide bonds. The highest BCUT2D eigenvalue weighted by atomic mass is 127.